The van der Waals surface area contributed by atoms with Crippen LogP contribution in [0.2, 0.25) is 0 Å². The molecule has 6 heteroatoms. The molecule has 2 aromatic rings. The summed E-state index contributed by atoms with van der Waals surface area (Å²) >= 11 is 0. The summed E-state index contributed by atoms with van der Waals surface area (Å²) < 4.78 is 1.83. The maximum Gasteiger partial charge on any atom is 0.251 e. The van der Waals surface area contributed by atoms with Crippen molar-refractivity contribution in [1.29, 1.82) is 0 Å². The maximum absolute atomic E-state index is 12.6. The predicted octanol–water partition coefficient (Wildman–Crippen LogP) is 2.45. The van der Waals surface area contributed by atoms with Crippen LogP contribution in [0.1, 0.15) is 65.8 Å². The van der Waals surface area contributed by atoms with Crippen molar-refractivity contribution >= 4 is 11.7 Å². The van der Waals surface area contributed by atoms with Crippen LogP contribution in [0.25, 0.3) is 0 Å². The van der Waals surface area contributed by atoms with Crippen LogP contribution in [0.5, 0.6) is 0 Å². The molecule has 0 aliphatic heterocycles. The van der Waals surface area contributed by atoms with Gasteiger partial charge in [0, 0.05) is 24.1 Å². The molecule has 2 aliphatic carbocycles. The quantitative estimate of drug-likeness (QED) is 0.929. The second-order valence-electron chi connectivity index (χ2n) is 7.81. The van der Waals surface area contributed by atoms with E-state index in [9.17, 15) is 9.59 Å². The summed E-state index contributed by atoms with van der Waals surface area (Å²) in [6.07, 6.45) is 6.56. The maximum atomic E-state index is 12.6. The van der Waals surface area contributed by atoms with Crippen LogP contribution in [0, 0.1) is 0 Å². The van der Waals surface area contributed by atoms with Gasteiger partial charge in [-0.05, 0) is 42.4 Å². The first-order chi connectivity index (χ1) is 11.9. The number of aromatic nitrogens is 3. The lowest BCUT2D eigenvalue weighted by Crippen LogP contribution is -2.36. The number of hydrogen-bond donors (Lipinski definition) is 1. The highest BCUT2D eigenvalue weighted by molar-refractivity contribution is 6.02. The third-order valence-corrected chi connectivity index (χ3v) is 5.60. The predicted molar refractivity (Wildman–Crippen MR) is 92.6 cm³/mol. The van der Waals surface area contributed by atoms with Crippen LogP contribution in [0.3, 0.4) is 0 Å². The van der Waals surface area contributed by atoms with Crippen molar-refractivity contribution in [1.82, 2.24) is 20.1 Å². The van der Waals surface area contributed by atoms with Gasteiger partial charge in [0.2, 0.25) is 0 Å². The lowest BCUT2D eigenvalue weighted by Gasteiger charge is -2.31. The Kier molecular flexibility index (Phi) is 3.52. The Morgan fingerprint density at radius 3 is 2.76 bits per heavy atom. The summed E-state index contributed by atoms with van der Waals surface area (Å²) in [4.78, 5) is 28.8. The molecule has 2 aliphatic rings. The zero-order valence-corrected chi connectivity index (χ0v) is 14.6. The lowest BCUT2D eigenvalue weighted by atomic mass is 9.72. The van der Waals surface area contributed by atoms with Crippen LogP contribution in [0.15, 0.2) is 30.9 Å². The largest absolute Gasteiger partial charge is 0.350 e. The van der Waals surface area contributed by atoms with E-state index in [-0.39, 0.29) is 22.6 Å². The Labute approximate surface area is 146 Å². The number of benzene rings is 1. The summed E-state index contributed by atoms with van der Waals surface area (Å²) in [5.41, 5.74) is 2.11. The molecule has 1 aromatic carbocycles. The van der Waals surface area contributed by atoms with E-state index in [0.717, 1.165) is 24.8 Å². The third-order valence-electron chi connectivity index (χ3n) is 5.60. The van der Waals surface area contributed by atoms with Crippen molar-refractivity contribution in [3.8, 4) is 0 Å². The smallest absolute Gasteiger partial charge is 0.251 e. The molecule has 1 heterocycles. The van der Waals surface area contributed by atoms with Gasteiger partial charge in [0.05, 0.1) is 5.54 Å². The number of rotatable bonds is 4. The van der Waals surface area contributed by atoms with E-state index in [0.29, 0.717) is 24.1 Å². The molecule has 1 aromatic heterocycles. The molecule has 1 amide bonds. The minimum Gasteiger partial charge on any atom is -0.350 e. The molecule has 1 fully saturated rings. The monoisotopic (exact) mass is 338 g/mol. The topological polar surface area (TPSA) is 76.9 Å². The number of nitrogens with one attached hydrogen (secondary N) is 1. The standard InChI is InChI=1S/C19H22N4O2/c1-18(2)6-5-16(24)14-9-13(3-4-15(14)18)17(25)21-10-19(7-8-19)23-12-20-11-22-23/h3-4,9,11-12H,5-8,10H2,1-2H3,(H,21,25). The highest BCUT2D eigenvalue weighted by atomic mass is 16.1. The fraction of sp³-hybridized carbons (Fsp3) is 0.474. The van der Waals surface area contributed by atoms with E-state index in [1.54, 1.807) is 12.4 Å². The Morgan fingerprint density at radius 2 is 2.08 bits per heavy atom. The van der Waals surface area contributed by atoms with Gasteiger partial charge in [0.1, 0.15) is 12.7 Å². The van der Waals surface area contributed by atoms with E-state index in [1.807, 2.05) is 16.8 Å². The van der Waals surface area contributed by atoms with Crippen molar-refractivity contribution in [3.63, 3.8) is 0 Å². The van der Waals surface area contributed by atoms with Gasteiger partial charge in [-0.2, -0.15) is 5.10 Å². The average Bonchev–Trinajstić information content (AvgIpc) is 3.18. The van der Waals surface area contributed by atoms with Crippen LogP contribution >= 0.6 is 0 Å². The number of ketones is 1. The Balaban J connectivity index is 1.52. The van der Waals surface area contributed by atoms with Crippen LogP contribution in [0.4, 0.5) is 0 Å². The van der Waals surface area contributed by atoms with Crippen molar-refractivity contribution in [2.75, 3.05) is 6.54 Å². The normalized spacial score (nSPS) is 20.0. The van der Waals surface area contributed by atoms with Crippen molar-refractivity contribution in [3.05, 3.63) is 47.5 Å². The molecule has 6 nitrogen and oxygen atoms in total. The SMILES string of the molecule is CC1(C)CCC(=O)c2cc(C(=O)NCC3(n4cncn4)CC3)ccc21. The number of hydrogen-bond acceptors (Lipinski definition) is 4. The van der Waals surface area contributed by atoms with Crippen LogP contribution in [-0.2, 0) is 11.0 Å². The number of amides is 1. The molecule has 1 N–H and O–H groups in total. The summed E-state index contributed by atoms with van der Waals surface area (Å²) in [5.74, 6) is -0.0179. The summed E-state index contributed by atoms with van der Waals surface area (Å²) in [7, 11) is 0. The van der Waals surface area contributed by atoms with Crippen LogP contribution < -0.4 is 5.32 Å². The number of fused-ring (bicyclic) bond motifs is 1. The second kappa shape index (κ2) is 5.51. The number of nitrogens with zero attached hydrogens (tertiary/aromatic N) is 3. The fourth-order valence-corrected chi connectivity index (χ4v) is 3.63. The zero-order chi connectivity index (χ0) is 17.7. The van der Waals surface area contributed by atoms with Crippen molar-refractivity contribution in [2.45, 2.75) is 50.5 Å². The van der Waals surface area contributed by atoms with Gasteiger partial charge in [-0.1, -0.05) is 19.9 Å². The van der Waals surface area contributed by atoms with E-state index < -0.39 is 0 Å². The molecule has 0 atom stereocenters. The van der Waals surface area contributed by atoms with Gasteiger partial charge in [-0.3, -0.25) is 9.59 Å². The van der Waals surface area contributed by atoms with Gasteiger partial charge in [-0.15, -0.1) is 0 Å². The Bertz CT molecular complexity index is 835. The summed E-state index contributed by atoms with van der Waals surface area (Å²) in [5, 5.41) is 7.19. The molecule has 1 saturated carbocycles. The van der Waals surface area contributed by atoms with Crippen molar-refractivity contribution in [2.24, 2.45) is 0 Å². The highest BCUT2D eigenvalue weighted by Gasteiger charge is 2.45. The molecule has 0 saturated heterocycles. The van der Waals surface area contributed by atoms with Gasteiger partial charge in [0.25, 0.3) is 5.91 Å². The van der Waals surface area contributed by atoms with Gasteiger partial charge < -0.3 is 5.32 Å². The number of carbonyl (C=O) groups excluding carboxylic acids is 2. The lowest BCUT2D eigenvalue weighted by molar-refractivity contribution is 0.0944. The van der Waals surface area contributed by atoms with Gasteiger partial charge in [0.15, 0.2) is 5.78 Å². The molecule has 25 heavy (non-hydrogen) atoms. The van der Waals surface area contributed by atoms with Crippen LogP contribution in [-0.4, -0.2) is 33.0 Å². The minimum absolute atomic E-state index is 0.0244. The first-order valence-corrected chi connectivity index (χ1v) is 8.72. The van der Waals surface area contributed by atoms with E-state index in [4.69, 9.17) is 0 Å². The fourth-order valence-electron chi connectivity index (χ4n) is 3.63. The zero-order valence-electron chi connectivity index (χ0n) is 14.6. The molecular formula is C19H22N4O2. The van der Waals surface area contributed by atoms with E-state index in [1.165, 1.54) is 6.33 Å². The first-order valence-electron chi connectivity index (χ1n) is 8.72. The van der Waals surface area contributed by atoms with Crippen molar-refractivity contribution < 1.29 is 9.59 Å². The molecule has 0 spiro atoms. The Hall–Kier alpha value is -2.50. The number of carbonyl (C=O) groups is 2. The third kappa shape index (κ3) is 2.75. The average molecular weight is 338 g/mol. The summed E-state index contributed by atoms with van der Waals surface area (Å²) in [6, 6.07) is 5.51. The van der Waals surface area contributed by atoms with Gasteiger partial charge >= 0.3 is 0 Å². The minimum atomic E-state index is -0.148. The molecule has 130 valence electrons. The summed E-state index contributed by atoms with van der Waals surface area (Å²) in [6.45, 7) is 4.81. The first kappa shape index (κ1) is 16.0. The highest BCUT2D eigenvalue weighted by Crippen LogP contribution is 2.42. The molecule has 0 unspecified atom stereocenters. The molecular weight excluding hydrogens is 316 g/mol. The molecule has 0 radical (unpaired) electrons. The Morgan fingerprint density at radius 1 is 1.28 bits per heavy atom. The van der Waals surface area contributed by atoms with E-state index >= 15 is 0 Å². The van der Waals surface area contributed by atoms with E-state index in [2.05, 4.69) is 29.2 Å². The molecule has 0 bridgehead atoms. The second-order valence-corrected chi connectivity index (χ2v) is 7.81. The van der Waals surface area contributed by atoms with Gasteiger partial charge in [-0.25, -0.2) is 9.67 Å². The molecule has 4 rings (SSSR count). The number of Topliss-reactive ketones (excluding diaryl/α,β-unsaturated/α-hetero) is 1.